The molecule has 0 saturated carbocycles. The minimum absolute atomic E-state index is 0.0597. The zero-order valence-electron chi connectivity index (χ0n) is 26.2. The summed E-state index contributed by atoms with van der Waals surface area (Å²) < 4.78 is 13.2. The first-order chi connectivity index (χ1) is 20.6. The Morgan fingerprint density at radius 1 is 0.884 bits per heavy atom. The van der Waals surface area contributed by atoms with Crippen LogP contribution in [0.1, 0.15) is 58.1 Å². The Kier molecular flexibility index (Phi) is 8.94. The van der Waals surface area contributed by atoms with Crippen LogP contribution in [0.3, 0.4) is 0 Å². The molecule has 2 aromatic carbocycles. The average Bonchev–Trinajstić information content (AvgIpc) is 3.33. The van der Waals surface area contributed by atoms with Crippen LogP contribution in [0.4, 0.5) is 11.4 Å². The molecule has 2 N–H and O–H groups in total. The number of aliphatic hydroxyl groups is 2. The van der Waals surface area contributed by atoms with Crippen molar-refractivity contribution in [3.8, 4) is 11.5 Å². The predicted octanol–water partition coefficient (Wildman–Crippen LogP) is 6.91. The summed E-state index contributed by atoms with van der Waals surface area (Å²) >= 11 is 7.10. The van der Waals surface area contributed by atoms with Crippen LogP contribution in [0, 0.1) is 0 Å². The number of anilines is 1. The first-order valence-electron chi connectivity index (χ1n) is 15.1. The number of fused-ring (bicyclic) bond motifs is 2. The summed E-state index contributed by atoms with van der Waals surface area (Å²) in [6.07, 6.45) is 11.5. The van der Waals surface area contributed by atoms with Gasteiger partial charge in [-0.15, -0.1) is 0 Å². The Morgan fingerprint density at radius 2 is 1.58 bits per heavy atom. The molecule has 2 aromatic rings. The Balaban J connectivity index is 1.49. The molecule has 7 heteroatoms. The molecule has 2 heterocycles. The van der Waals surface area contributed by atoms with Gasteiger partial charge in [-0.05, 0) is 86.2 Å². The molecular weight excluding hydrogens is 560 g/mol. The summed E-state index contributed by atoms with van der Waals surface area (Å²) in [4.78, 5) is 2.20. The number of β-amino-alcohol motifs (C(OH)–C–C–N with tert-alkyl or cyclic N) is 2. The first kappa shape index (κ1) is 31.1. The van der Waals surface area contributed by atoms with Gasteiger partial charge >= 0.3 is 0 Å². The van der Waals surface area contributed by atoms with Crippen LogP contribution in [0.25, 0.3) is 0 Å². The van der Waals surface area contributed by atoms with E-state index in [-0.39, 0.29) is 24.0 Å². The van der Waals surface area contributed by atoms with Crippen molar-refractivity contribution in [2.45, 2.75) is 57.8 Å². The minimum Gasteiger partial charge on any atom is -0.497 e. The van der Waals surface area contributed by atoms with Crippen LogP contribution in [0.2, 0.25) is 0 Å². The number of allylic oxidation sites excluding steroid dienone is 8. The molecule has 6 nitrogen and oxygen atoms in total. The van der Waals surface area contributed by atoms with Crippen LogP contribution >= 0.6 is 11.6 Å². The van der Waals surface area contributed by atoms with E-state index in [0.29, 0.717) is 13.1 Å². The highest BCUT2D eigenvalue weighted by molar-refractivity contribution is 6.32. The van der Waals surface area contributed by atoms with Gasteiger partial charge in [0.1, 0.15) is 18.1 Å². The number of hydrogen-bond donors (Lipinski definition) is 2. The fourth-order valence-electron chi connectivity index (χ4n) is 6.81. The van der Waals surface area contributed by atoms with Crippen molar-refractivity contribution in [2.24, 2.45) is 0 Å². The second kappa shape index (κ2) is 12.4. The van der Waals surface area contributed by atoms with E-state index in [4.69, 9.17) is 21.1 Å². The maximum absolute atomic E-state index is 9.89. The van der Waals surface area contributed by atoms with Gasteiger partial charge in [0.2, 0.25) is 5.69 Å². The molecular formula is C36H44ClN2O4+. The van der Waals surface area contributed by atoms with Crippen LogP contribution in [-0.4, -0.2) is 61.0 Å². The molecule has 0 saturated heterocycles. The third kappa shape index (κ3) is 5.57. The third-order valence-corrected chi connectivity index (χ3v) is 9.67. The number of hydrogen-bond acceptors (Lipinski definition) is 5. The highest BCUT2D eigenvalue weighted by Crippen LogP contribution is 2.49. The van der Waals surface area contributed by atoms with Crippen LogP contribution in [0.5, 0.6) is 11.5 Å². The van der Waals surface area contributed by atoms with Gasteiger partial charge < -0.3 is 24.6 Å². The first-order valence-corrected chi connectivity index (χ1v) is 15.5. The van der Waals surface area contributed by atoms with Crippen LogP contribution in [0.15, 0.2) is 82.6 Å². The van der Waals surface area contributed by atoms with E-state index < -0.39 is 0 Å². The second-order valence-corrected chi connectivity index (χ2v) is 12.8. The highest BCUT2D eigenvalue weighted by Gasteiger charge is 2.44. The highest BCUT2D eigenvalue weighted by atomic mass is 35.5. The molecule has 3 aliphatic rings. The molecule has 5 rings (SSSR count). The van der Waals surface area contributed by atoms with Gasteiger partial charge in [0.15, 0.2) is 12.3 Å². The van der Waals surface area contributed by atoms with Gasteiger partial charge in [0.25, 0.3) is 0 Å². The van der Waals surface area contributed by atoms with Gasteiger partial charge in [-0.1, -0.05) is 37.6 Å². The Bertz CT molecular complexity index is 1560. The minimum atomic E-state index is -0.262. The maximum Gasteiger partial charge on any atom is 0.210 e. The number of methoxy groups -OCH3 is 2. The molecule has 228 valence electrons. The molecule has 0 spiro atoms. The lowest BCUT2D eigenvalue weighted by Gasteiger charge is -2.26. The fraction of sp³-hybridized carbons (Fsp3) is 0.417. The van der Waals surface area contributed by atoms with E-state index >= 15 is 0 Å². The molecule has 1 aliphatic carbocycles. The van der Waals surface area contributed by atoms with Gasteiger partial charge in [0.05, 0.1) is 26.2 Å². The van der Waals surface area contributed by atoms with E-state index in [2.05, 4.69) is 85.7 Å². The topological polar surface area (TPSA) is 65.2 Å². The van der Waals surface area contributed by atoms with E-state index in [1.807, 2.05) is 12.1 Å². The Morgan fingerprint density at radius 3 is 2.26 bits per heavy atom. The summed E-state index contributed by atoms with van der Waals surface area (Å²) in [5, 5.41) is 20.6. The number of nitrogens with zero attached hydrogens (tertiary/aromatic N) is 2. The van der Waals surface area contributed by atoms with E-state index in [1.165, 1.54) is 11.1 Å². The number of aliphatic hydroxyl groups excluding tert-OH is 2. The summed E-state index contributed by atoms with van der Waals surface area (Å²) in [6.45, 7) is 10.0. The van der Waals surface area contributed by atoms with E-state index in [0.717, 1.165) is 69.7 Å². The van der Waals surface area contributed by atoms with Gasteiger partial charge in [0, 0.05) is 46.1 Å². The molecule has 0 amide bonds. The lowest BCUT2D eigenvalue weighted by Crippen LogP contribution is -2.28. The average molecular weight is 604 g/mol. The van der Waals surface area contributed by atoms with Crippen molar-refractivity contribution < 1.29 is 24.3 Å². The molecule has 0 bridgehead atoms. The number of halogens is 1. The molecule has 0 unspecified atom stereocenters. The van der Waals surface area contributed by atoms with Crippen molar-refractivity contribution >= 4 is 28.7 Å². The number of rotatable bonds is 9. The lowest BCUT2D eigenvalue weighted by molar-refractivity contribution is -0.441. The summed E-state index contributed by atoms with van der Waals surface area (Å²) in [5.41, 5.74) is 8.52. The fourth-order valence-corrected chi connectivity index (χ4v) is 7.13. The molecule has 0 atom stereocenters. The largest absolute Gasteiger partial charge is 0.497 e. The standard InChI is InChI=1S/C36H44ClN2O4/c1-35(2)28-22-26(42-5)12-14-30(28)38(18-20-40)32(35)16-10-24-8-7-9-25(34(24)37)11-17-33-36(3,4)29-23-27(43-6)13-15-31(29)39(33)19-21-41/h10-17,22-23,40-41H,7-9,18-21H2,1-6H3/q+1. The zero-order chi connectivity index (χ0) is 30.9. The van der Waals surface area contributed by atoms with Crippen molar-refractivity contribution in [2.75, 3.05) is 45.4 Å². The van der Waals surface area contributed by atoms with Crippen molar-refractivity contribution in [3.63, 3.8) is 0 Å². The normalized spacial score (nSPS) is 20.9. The predicted molar refractivity (Wildman–Crippen MR) is 175 cm³/mol. The van der Waals surface area contributed by atoms with Gasteiger partial charge in [-0.3, -0.25) is 0 Å². The molecule has 2 aliphatic heterocycles. The summed E-state index contributed by atoms with van der Waals surface area (Å²) in [6, 6.07) is 12.3. The van der Waals surface area contributed by atoms with Crippen LogP contribution in [-0.2, 0) is 10.8 Å². The summed E-state index contributed by atoms with van der Waals surface area (Å²) in [7, 11) is 3.37. The molecule has 0 fully saturated rings. The number of ether oxygens (including phenoxy) is 2. The monoisotopic (exact) mass is 603 g/mol. The van der Waals surface area contributed by atoms with Crippen LogP contribution < -0.4 is 14.4 Å². The van der Waals surface area contributed by atoms with Crippen molar-refractivity contribution in [3.05, 3.63) is 93.7 Å². The Hall–Kier alpha value is -3.32. The van der Waals surface area contributed by atoms with Gasteiger partial charge in [-0.2, -0.15) is 4.58 Å². The molecule has 0 aromatic heterocycles. The van der Waals surface area contributed by atoms with Crippen molar-refractivity contribution in [1.29, 1.82) is 0 Å². The van der Waals surface area contributed by atoms with E-state index in [9.17, 15) is 10.2 Å². The third-order valence-electron chi connectivity index (χ3n) is 9.19. The van der Waals surface area contributed by atoms with Crippen molar-refractivity contribution in [1.82, 2.24) is 0 Å². The number of benzene rings is 2. The zero-order valence-corrected chi connectivity index (χ0v) is 27.0. The van der Waals surface area contributed by atoms with Gasteiger partial charge in [-0.25, -0.2) is 0 Å². The molecule has 0 radical (unpaired) electrons. The SMILES string of the molecule is COc1ccc2c(c1)C(C)(C)C(/C=C/C1=C(Cl)C(=C/C=C3/N(CCO)c4ccc(OC)cc4C3(C)C)/CCC1)=[N+]2CCO. The smallest absolute Gasteiger partial charge is 0.210 e. The Labute approximate surface area is 260 Å². The molecule has 43 heavy (non-hydrogen) atoms. The summed E-state index contributed by atoms with van der Waals surface area (Å²) in [5.74, 6) is 1.65. The maximum atomic E-state index is 9.89. The van der Waals surface area contributed by atoms with E-state index in [1.54, 1.807) is 14.2 Å². The quantitative estimate of drug-likeness (QED) is 0.305. The second-order valence-electron chi connectivity index (χ2n) is 12.4. The lowest BCUT2D eigenvalue weighted by atomic mass is 9.81.